The third-order valence-electron chi connectivity index (χ3n) is 5.99. The minimum absolute atomic E-state index is 0.0181. The number of halogens is 1. The van der Waals surface area contributed by atoms with Gasteiger partial charge in [-0.1, -0.05) is 12.1 Å². The minimum Gasteiger partial charge on any atom is -0.366 e. The SMILES string of the molecule is Cc1csc(NC(=O)C2CCN(CC(=O)N3CCN(c4ccccc4F)CC3)CC2)n1. The third kappa shape index (κ3) is 5.40. The fraction of sp³-hybridized carbons (Fsp3) is 0.500. The van der Waals surface area contributed by atoms with Crippen LogP contribution in [0, 0.1) is 18.7 Å². The van der Waals surface area contributed by atoms with Crippen molar-refractivity contribution in [3.05, 3.63) is 41.2 Å². The molecule has 3 heterocycles. The quantitative estimate of drug-likeness (QED) is 0.766. The first-order chi connectivity index (χ1) is 15.0. The van der Waals surface area contributed by atoms with Crippen molar-refractivity contribution in [3.8, 4) is 0 Å². The predicted molar refractivity (Wildman–Crippen MR) is 120 cm³/mol. The molecule has 2 aliphatic rings. The summed E-state index contributed by atoms with van der Waals surface area (Å²) in [5.41, 5.74) is 1.51. The Labute approximate surface area is 185 Å². The van der Waals surface area contributed by atoms with Crippen molar-refractivity contribution in [2.24, 2.45) is 5.92 Å². The van der Waals surface area contributed by atoms with Crippen LogP contribution in [0.2, 0.25) is 0 Å². The fourth-order valence-corrected chi connectivity index (χ4v) is 4.86. The predicted octanol–water partition coefficient (Wildman–Crippen LogP) is 2.59. The van der Waals surface area contributed by atoms with Crippen molar-refractivity contribution in [3.63, 3.8) is 0 Å². The van der Waals surface area contributed by atoms with Crippen LogP contribution in [0.1, 0.15) is 18.5 Å². The number of benzene rings is 1. The molecular formula is C22H28FN5O2S. The van der Waals surface area contributed by atoms with Crippen LogP contribution in [0.5, 0.6) is 0 Å². The Morgan fingerprint density at radius 1 is 1.13 bits per heavy atom. The van der Waals surface area contributed by atoms with E-state index in [1.54, 1.807) is 12.1 Å². The van der Waals surface area contributed by atoms with Gasteiger partial charge in [-0.15, -0.1) is 11.3 Å². The topological polar surface area (TPSA) is 68.8 Å². The number of piperidine rings is 1. The van der Waals surface area contributed by atoms with Gasteiger partial charge < -0.3 is 15.1 Å². The Kier molecular flexibility index (Phi) is 6.82. The van der Waals surface area contributed by atoms with Crippen molar-refractivity contribution < 1.29 is 14.0 Å². The molecule has 9 heteroatoms. The lowest BCUT2D eigenvalue weighted by Crippen LogP contribution is -2.52. The van der Waals surface area contributed by atoms with Gasteiger partial charge >= 0.3 is 0 Å². The maximum atomic E-state index is 14.0. The number of rotatable bonds is 5. The largest absolute Gasteiger partial charge is 0.366 e. The second-order valence-corrected chi connectivity index (χ2v) is 9.01. The first-order valence-electron chi connectivity index (χ1n) is 10.7. The molecule has 0 atom stereocenters. The zero-order chi connectivity index (χ0) is 21.8. The Hall–Kier alpha value is -2.52. The number of carbonyl (C=O) groups is 2. The molecule has 2 aromatic rings. The lowest BCUT2D eigenvalue weighted by atomic mass is 9.96. The van der Waals surface area contributed by atoms with Crippen LogP contribution in [0.15, 0.2) is 29.6 Å². The summed E-state index contributed by atoms with van der Waals surface area (Å²) >= 11 is 1.44. The molecule has 2 aliphatic heterocycles. The molecule has 0 radical (unpaired) electrons. The number of aryl methyl sites for hydroxylation is 1. The summed E-state index contributed by atoms with van der Waals surface area (Å²) in [7, 11) is 0. The first kappa shape index (κ1) is 21.7. The van der Waals surface area contributed by atoms with E-state index >= 15 is 0 Å². The van der Waals surface area contributed by atoms with Gasteiger partial charge in [-0.05, 0) is 45.0 Å². The Morgan fingerprint density at radius 2 is 1.84 bits per heavy atom. The highest BCUT2D eigenvalue weighted by atomic mass is 32.1. The highest BCUT2D eigenvalue weighted by Gasteiger charge is 2.28. The van der Waals surface area contributed by atoms with E-state index in [-0.39, 0.29) is 23.5 Å². The second-order valence-electron chi connectivity index (χ2n) is 8.15. The first-order valence-corrected chi connectivity index (χ1v) is 11.6. The van der Waals surface area contributed by atoms with Crippen LogP contribution >= 0.6 is 11.3 Å². The van der Waals surface area contributed by atoms with Crippen molar-refractivity contribution >= 4 is 34.0 Å². The molecule has 0 unspecified atom stereocenters. The average molecular weight is 446 g/mol. The minimum atomic E-state index is -0.223. The summed E-state index contributed by atoms with van der Waals surface area (Å²) in [6, 6.07) is 6.76. The lowest BCUT2D eigenvalue weighted by Gasteiger charge is -2.38. The van der Waals surface area contributed by atoms with Gasteiger partial charge in [-0.2, -0.15) is 0 Å². The Morgan fingerprint density at radius 3 is 2.48 bits per heavy atom. The maximum Gasteiger partial charge on any atom is 0.236 e. The lowest BCUT2D eigenvalue weighted by molar-refractivity contribution is -0.133. The van der Waals surface area contributed by atoms with Crippen molar-refractivity contribution in [2.75, 3.05) is 56.0 Å². The number of hydrogen-bond acceptors (Lipinski definition) is 6. The van der Waals surface area contributed by atoms with Crippen LogP contribution in [-0.2, 0) is 9.59 Å². The number of hydrogen-bond donors (Lipinski definition) is 1. The number of nitrogens with one attached hydrogen (secondary N) is 1. The van der Waals surface area contributed by atoms with E-state index in [0.29, 0.717) is 43.5 Å². The van der Waals surface area contributed by atoms with Gasteiger partial charge in [-0.3, -0.25) is 14.5 Å². The van der Waals surface area contributed by atoms with Crippen LogP contribution in [0.4, 0.5) is 15.2 Å². The van der Waals surface area contributed by atoms with Crippen molar-refractivity contribution in [1.29, 1.82) is 0 Å². The van der Waals surface area contributed by atoms with E-state index < -0.39 is 0 Å². The number of nitrogens with zero attached hydrogens (tertiary/aromatic N) is 4. The Balaban J connectivity index is 1.20. The van der Waals surface area contributed by atoms with Crippen LogP contribution in [0.25, 0.3) is 0 Å². The number of aromatic nitrogens is 1. The smallest absolute Gasteiger partial charge is 0.236 e. The summed E-state index contributed by atoms with van der Waals surface area (Å²) in [4.78, 5) is 35.5. The van der Waals surface area contributed by atoms with Crippen molar-refractivity contribution in [2.45, 2.75) is 19.8 Å². The highest BCUT2D eigenvalue weighted by molar-refractivity contribution is 7.13. The van der Waals surface area contributed by atoms with Gasteiger partial charge in [0, 0.05) is 37.5 Å². The third-order valence-corrected chi connectivity index (χ3v) is 6.87. The molecule has 1 aromatic heterocycles. The molecule has 31 heavy (non-hydrogen) atoms. The van der Waals surface area contributed by atoms with Gasteiger partial charge in [0.1, 0.15) is 5.82 Å². The van der Waals surface area contributed by atoms with Gasteiger partial charge in [0.25, 0.3) is 0 Å². The second kappa shape index (κ2) is 9.74. The molecule has 7 nitrogen and oxygen atoms in total. The normalized spacial score (nSPS) is 18.3. The van der Waals surface area contributed by atoms with Crippen LogP contribution < -0.4 is 10.2 Å². The van der Waals surface area contributed by atoms with Gasteiger partial charge in [0.05, 0.1) is 17.9 Å². The summed E-state index contributed by atoms with van der Waals surface area (Å²) < 4.78 is 14.0. The van der Waals surface area contributed by atoms with E-state index in [9.17, 15) is 14.0 Å². The molecule has 0 bridgehead atoms. The molecule has 4 rings (SSSR count). The van der Waals surface area contributed by atoms with E-state index in [1.807, 2.05) is 28.2 Å². The summed E-state index contributed by atoms with van der Waals surface area (Å²) in [6.45, 7) is 6.20. The van der Waals surface area contributed by atoms with Gasteiger partial charge in [0.15, 0.2) is 5.13 Å². The molecule has 2 saturated heterocycles. The number of carbonyl (C=O) groups excluding carboxylic acids is 2. The van der Waals surface area contributed by atoms with E-state index in [0.717, 1.165) is 31.6 Å². The molecule has 2 amide bonds. The highest BCUT2D eigenvalue weighted by Crippen LogP contribution is 2.22. The maximum absolute atomic E-state index is 14.0. The summed E-state index contributed by atoms with van der Waals surface area (Å²) in [5.74, 6) is -0.141. The molecular weight excluding hydrogens is 417 g/mol. The van der Waals surface area contributed by atoms with E-state index in [4.69, 9.17) is 0 Å². The number of piperazine rings is 1. The molecule has 0 spiro atoms. The number of para-hydroxylation sites is 1. The molecule has 0 saturated carbocycles. The number of amides is 2. The molecule has 1 N–H and O–H groups in total. The summed E-state index contributed by atoms with van der Waals surface area (Å²) in [5, 5.41) is 5.47. The number of likely N-dealkylation sites (tertiary alicyclic amines) is 1. The van der Waals surface area contributed by atoms with Crippen LogP contribution in [-0.4, -0.2) is 72.4 Å². The average Bonchev–Trinajstić information content (AvgIpc) is 3.19. The Bertz CT molecular complexity index is 920. The van der Waals surface area contributed by atoms with Gasteiger partial charge in [0.2, 0.25) is 11.8 Å². The molecule has 2 fully saturated rings. The molecule has 0 aliphatic carbocycles. The molecule has 1 aromatic carbocycles. The van der Waals surface area contributed by atoms with E-state index in [1.165, 1.54) is 17.4 Å². The zero-order valence-electron chi connectivity index (χ0n) is 17.7. The van der Waals surface area contributed by atoms with E-state index in [2.05, 4.69) is 15.2 Å². The number of thiazole rings is 1. The monoisotopic (exact) mass is 445 g/mol. The standard InChI is InChI=1S/C22H28FN5O2S/c1-16-15-31-22(24-16)25-21(30)17-6-8-26(9-7-17)14-20(29)28-12-10-27(11-13-28)19-5-3-2-4-18(19)23/h2-5,15,17H,6-14H2,1H3,(H,24,25,30). The fourth-order valence-electron chi connectivity index (χ4n) is 4.17. The zero-order valence-corrected chi connectivity index (χ0v) is 18.5. The number of anilines is 2. The van der Waals surface area contributed by atoms with Crippen LogP contribution in [0.3, 0.4) is 0 Å². The molecule has 166 valence electrons. The van der Waals surface area contributed by atoms with Crippen molar-refractivity contribution in [1.82, 2.24) is 14.8 Å². The van der Waals surface area contributed by atoms with Gasteiger partial charge in [-0.25, -0.2) is 9.37 Å². The summed E-state index contributed by atoms with van der Waals surface area (Å²) in [6.07, 6.45) is 1.48.